The quantitative estimate of drug-likeness (QED) is 0.759. The van der Waals surface area contributed by atoms with E-state index in [-0.39, 0.29) is 18.7 Å². The Morgan fingerprint density at radius 2 is 2.13 bits per heavy atom. The number of rotatable bonds is 6. The molecule has 1 aromatic carbocycles. The molecule has 0 bridgehead atoms. The topological polar surface area (TPSA) is 81.3 Å². The maximum atomic E-state index is 11.9. The van der Waals surface area contributed by atoms with Gasteiger partial charge in [0.2, 0.25) is 0 Å². The molecule has 2 aromatic rings. The second-order valence-corrected chi connectivity index (χ2v) is 4.80. The highest BCUT2D eigenvalue weighted by atomic mass is 16.6. The molecule has 1 atom stereocenters. The van der Waals surface area contributed by atoms with Crippen molar-refractivity contribution in [3.8, 4) is 11.8 Å². The lowest BCUT2D eigenvalue weighted by Gasteiger charge is -2.14. The first-order chi connectivity index (χ1) is 11.1. The molecule has 1 heterocycles. The van der Waals surface area contributed by atoms with Crippen LogP contribution >= 0.6 is 0 Å². The largest absolute Gasteiger partial charge is 0.479 e. The zero-order chi connectivity index (χ0) is 16.7. The molecule has 0 aliphatic heterocycles. The van der Waals surface area contributed by atoms with Crippen LogP contribution < -0.4 is 10.3 Å². The van der Waals surface area contributed by atoms with Crippen molar-refractivity contribution in [1.82, 2.24) is 4.57 Å². The maximum Gasteiger partial charge on any atom is 0.347 e. The van der Waals surface area contributed by atoms with Gasteiger partial charge in [-0.05, 0) is 31.2 Å². The van der Waals surface area contributed by atoms with E-state index in [1.54, 1.807) is 49.5 Å². The molecule has 6 heteroatoms. The fraction of sp³-hybridized carbons (Fsp3) is 0.235. The minimum Gasteiger partial charge on any atom is -0.479 e. The normalized spacial score (nSPS) is 11.3. The number of nitriles is 1. The summed E-state index contributed by atoms with van der Waals surface area (Å²) < 4.78 is 12.0. The zero-order valence-corrected chi connectivity index (χ0v) is 12.6. The molecular formula is C17H16N2O4. The van der Waals surface area contributed by atoms with Gasteiger partial charge in [0, 0.05) is 12.3 Å². The van der Waals surface area contributed by atoms with E-state index in [1.807, 2.05) is 6.07 Å². The molecule has 0 fully saturated rings. The molecule has 0 radical (unpaired) electrons. The molecule has 2 rings (SSSR count). The van der Waals surface area contributed by atoms with Crippen molar-refractivity contribution in [2.75, 3.05) is 6.61 Å². The van der Waals surface area contributed by atoms with E-state index < -0.39 is 12.1 Å². The number of benzene rings is 1. The Morgan fingerprint density at radius 1 is 1.30 bits per heavy atom. The van der Waals surface area contributed by atoms with E-state index in [4.69, 9.17) is 14.7 Å². The van der Waals surface area contributed by atoms with E-state index in [1.165, 1.54) is 10.6 Å². The molecule has 6 nitrogen and oxygen atoms in total. The predicted octanol–water partition coefficient (Wildman–Crippen LogP) is 1.73. The molecule has 0 N–H and O–H groups in total. The molecule has 0 saturated carbocycles. The van der Waals surface area contributed by atoms with Crippen molar-refractivity contribution in [3.63, 3.8) is 0 Å². The Hall–Kier alpha value is -3.07. The average Bonchev–Trinajstić information content (AvgIpc) is 2.56. The number of carbonyl (C=O) groups is 1. The molecule has 1 aromatic heterocycles. The SMILES string of the molecule is CC(Oc1cccc(C#N)c1)C(=O)OCCn1ccccc1=O. The van der Waals surface area contributed by atoms with E-state index in [9.17, 15) is 9.59 Å². The van der Waals surface area contributed by atoms with Crippen LogP contribution in [0.5, 0.6) is 5.75 Å². The second-order valence-electron chi connectivity index (χ2n) is 4.80. The predicted molar refractivity (Wildman–Crippen MR) is 82.9 cm³/mol. The third-order valence-electron chi connectivity index (χ3n) is 3.08. The Balaban J connectivity index is 1.84. The molecule has 0 aliphatic rings. The summed E-state index contributed by atoms with van der Waals surface area (Å²) in [5.74, 6) is -0.107. The van der Waals surface area contributed by atoms with E-state index in [0.29, 0.717) is 11.3 Å². The summed E-state index contributed by atoms with van der Waals surface area (Å²) in [5, 5.41) is 8.83. The Bertz CT molecular complexity index is 776. The Labute approximate surface area is 133 Å². The van der Waals surface area contributed by atoms with Gasteiger partial charge in [-0.15, -0.1) is 0 Å². The lowest BCUT2D eigenvalue weighted by Crippen LogP contribution is -2.28. The molecule has 0 amide bonds. The lowest BCUT2D eigenvalue weighted by atomic mass is 10.2. The summed E-state index contributed by atoms with van der Waals surface area (Å²) in [5.41, 5.74) is 0.299. The zero-order valence-electron chi connectivity index (χ0n) is 12.6. The van der Waals surface area contributed by atoms with Crippen LogP contribution in [0, 0.1) is 11.3 Å². The lowest BCUT2D eigenvalue weighted by molar-refractivity contribution is -0.151. The van der Waals surface area contributed by atoms with Crippen LogP contribution in [0.3, 0.4) is 0 Å². The van der Waals surface area contributed by atoms with Crippen molar-refractivity contribution >= 4 is 5.97 Å². The van der Waals surface area contributed by atoms with Gasteiger partial charge in [-0.25, -0.2) is 4.79 Å². The number of ether oxygens (including phenoxy) is 2. The van der Waals surface area contributed by atoms with Gasteiger partial charge < -0.3 is 14.0 Å². The van der Waals surface area contributed by atoms with Crippen molar-refractivity contribution in [1.29, 1.82) is 5.26 Å². The van der Waals surface area contributed by atoms with Crippen molar-refractivity contribution in [3.05, 3.63) is 64.6 Å². The minimum absolute atomic E-state index is 0.0781. The van der Waals surface area contributed by atoms with Gasteiger partial charge in [-0.2, -0.15) is 5.26 Å². The summed E-state index contributed by atoms with van der Waals surface area (Å²) in [6.45, 7) is 1.92. The third-order valence-corrected chi connectivity index (χ3v) is 3.08. The summed E-state index contributed by atoms with van der Waals surface area (Å²) in [6.07, 6.45) is 0.820. The number of nitrogens with zero attached hydrogens (tertiary/aromatic N) is 2. The van der Waals surface area contributed by atoms with E-state index in [2.05, 4.69) is 0 Å². The molecule has 0 spiro atoms. The van der Waals surface area contributed by atoms with Crippen molar-refractivity contribution in [2.24, 2.45) is 0 Å². The van der Waals surface area contributed by atoms with Crippen LogP contribution in [0.15, 0.2) is 53.5 Å². The van der Waals surface area contributed by atoms with Crippen LogP contribution in [-0.4, -0.2) is 23.2 Å². The fourth-order valence-corrected chi connectivity index (χ4v) is 1.90. The van der Waals surface area contributed by atoms with E-state index in [0.717, 1.165) is 0 Å². The second kappa shape index (κ2) is 7.80. The highest BCUT2D eigenvalue weighted by molar-refractivity contribution is 5.74. The first kappa shape index (κ1) is 16.3. The number of aromatic nitrogens is 1. The van der Waals surface area contributed by atoms with Crippen molar-refractivity contribution in [2.45, 2.75) is 19.6 Å². The average molecular weight is 312 g/mol. The van der Waals surface area contributed by atoms with Crippen LogP contribution in [0.1, 0.15) is 12.5 Å². The van der Waals surface area contributed by atoms with Crippen LogP contribution in [0.25, 0.3) is 0 Å². The van der Waals surface area contributed by atoms with Gasteiger partial charge in [0.1, 0.15) is 12.4 Å². The standard InChI is InChI=1S/C17H16N2O4/c1-13(23-15-6-4-5-14(11-15)12-18)17(21)22-10-9-19-8-3-2-7-16(19)20/h2-8,11,13H,9-10H2,1H3. The summed E-state index contributed by atoms with van der Waals surface area (Å²) >= 11 is 0. The number of hydrogen-bond acceptors (Lipinski definition) is 5. The molecule has 118 valence electrons. The van der Waals surface area contributed by atoms with Gasteiger partial charge in [0.25, 0.3) is 5.56 Å². The Morgan fingerprint density at radius 3 is 2.87 bits per heavy atom. The molecule has 23 heavy (non-hydrogen) atoms. The molecule has 0 saturated heterocycles. The minimum atomic E-state index is -0.809. The number of hydrogen-bond donors (Lipinski definition) is 0. The highest BCUT2D eigenvalue weighted by Gasteiger charge is 2.16. The number of carbonyl (C=O) groups excluding carboxylic acids is 1. The van der Waals surface area contributed by atoms with Gasteiger partial charge in [-0.1, -0.05) is 12.1 Å². The van der Waals surface area contributed by atoms with Gasteiger partial charge in [0.15, 0.2) is 6.10 Å². The maximum absolute atomic E-state index is 11.9. The van der Waals surface area contributed by atoms with Crippen LogP contribution in [0.4, 0.5) is 0 Å². The third kappa shape index (κ3) is 4.71. The molecular weight excluding hydrogens is 296 g/mol. The van der Waals surface area contributed by atoms with Gasteiger partial charge in [0.05, 0.1) is 18.2 Å². The van der Waals surface area contributed by atoms with Gasteiger partial charge in [-0.3, -0.25) is 4.79 Å². The monoisotopic (exact) mass is 312 g/mol. The molecule has 1 unspecified atom stereocenters. The smallest absolute Gasteiger partial charge is 0.347 e. The summed E-state index contributed by atoms with van der Waals surface area (Å²) in [4.78, 5) is 23.4. The molecule has 0 aliphatic carbocycles. The number of esters is 1. The van der Waals surface area contributed by atoms with Crippen LogP contribution in [0.2, 0.25) is 0 Å². The fourth-order valence-electron chi connectivity index (χ4n) is 1.90. The van der Waals surface area contributed by atoms with Crippen LogP contribution in [-0.2, 0) is 16.1 Å². The summed E-state index contributed by atoms with van der Waals surface area (Å²) in [6, 6.07) is 13.4. The first-order valence-corrected chi connectivity index (χ1v) is 7.09. The highest BCUT2D eigenvalue weighted by Crippen LogP contribution is 2.14. The Kier molecular flexibility index (Phi) is 5.53. The summed E-state index contributed by atoms with van der Waals surface area (Å²) in [7, 11) is 0. The number of pyridine rings is 1. The van der Waals surface area contributed by atoms with Crippen molar-refractivity contribution < 1.29 is 14.3 Å². The van der Waals surface area contributed by atoms with E-state index >= 15 is 0 Å². The first-order valence-electron chi connectivity index (χ1n) is 7.09. The van der Waals surface area contributed by atoms with Gasteiger partial charge >= 0.3 is 5.97 Å².